The molecule has 0 aromatic rings. The summed E-state index contributed by atoms with van der Waals surface area (Å²) in [5.41, 5.74) is 0. The zero-order valence-electron chi connectivity index (χ0n) is 9.84. The maximum Gasteiger partial charge on any atom is 0.114 e. The lowest BCUT2D eigenvalue weighted by atomic mass is 9.83. The molecular formula is C12H22O4. The summed E-state index contributed by atoms with van der Waals surface area (Å²) >= 11 is 0. The molecule has 0 radical (unpaired) electrons. The molecule has 4 atom stereocenters. The van der Waals surface area contributed by atoms with E-state index in [9.17, 15) is 10.2 Å². The second-order valence-corrected chi connectivity index (χ2v) is 4.91. The lowest BCUT2D eigenvalue weighted by Gasteiger charge is -2.29. The highest BCUT2D eigenvalue weighted by Gasteiger charge is 2.46. The van der Waals surface area contributed by atoms with Crippen LogP contribution in [0, 0.1) is 5.92 Å². The molecule has 0 amide bonds. The summed E-state index contributed by atoms with van der Waals surface area (Å²) in [7, 11) is 1.56. The topological polar surface area (TPSA) is 58.9 Å². The molecule has 2 fully saturated rings. The molecule has 0 bridgehead atoms. The normalized spacial score (nSPS) is 41.4. The van der Waals surface area contributed by atoms with Gasteiger partial charge in [-0.25, -0.2) is 0 Å². The number of rotatable bonds is 3. The van der Waals surface area contributed by atoms with E-state index >= 15 is 0 Å². The Morgan fingerprint density at radius 2 is 1.94 bits per heavy atom. The predicted octanol–water partition coefficient (Wildman–Crippen LogP) is 0.702. The van der Waals surface area contributed by atoms with Gasteiger partial charge in [0, 0.05) is 7.11 Å². The largest absolute Gasteiger partial charge is 0.394 e. The maximum absolute atomic E-state index is 10.1. The molecule has 2 unspecified atom stereocenters. The SMILES string of the molecule is COC1C(O)[C@H](C2CCCCC2)O[C@@H]1CO. The monoisotopic (exact) mass is 230 g/mol. The van der Waals surface area contributed by atoms with Gasteiger partial charge in [-0.1, -0.05) is 19.3 Å². The Morgan fingerprint density at radius 1 is 1.25 bits per heavy atom. The molecule has 16 heavy (non-hydrogen) atoms. The van der Waals surface area contributed by atoms with Gasteiger partial charge in [-0.05, 0) is 18.8 Å². The van der Waals surface area contributed by atoms with Crippen LogP contribution in [-0.4, -0.2) is 48.3 Å². The van der Waals surface area contributed by atoms with E-state index in [4.69, 9.17) is 9.47 Å². The van der Waals surface area contributed by atoms with Gasteiger partial charge in [-0.3, -0.25) is 0 Å². The predicted molar refractivity (Wildman–Crippen MR) is 59.1 cm³/mol. The minimum Gasteiger partial charge on any atom is -0.394 e. The third-order valence-electron chi connectivity index (χ3n) is 3.94. The van der Waals surface area contributed by atoms with Crippen molar-refractivity contribution in [3.05, 3.63) is 0 Å². The van der Waals surface area contributed by atoms with E-state index in [0.29, 0.717) is 5.92 Å². The van der Waals surface area contributed by atoms with Gasteiger partial charge in [0.25, 0.3) is 0 Å². The van der Waals surface area contributed by atoms with Crippen LogP contribution in [0.4, 0.5) is 0 Å². The fourth-order valence-electron chi connectivity index (χ4n) is 3.06. The van der Waals surface area contributed by atoms with Gasteiger partial charge in [0.15, 0.2) is 0 Å². The number of methoxy groups -OCH3 is 1. The highest BCUT2D eigenvalue weighted by atomic mass is 16.6. The first-order chi connectivity index (χ1) is 7.77. The molecule has 4 nitrogen and oxygen atoms in total. The molecule has 0 aromatic heterocycles. The molecule has 1 saturated heterocycles. The van der Waals surface area contributed by atoms with Crippen molar-refractivity contribution in [1.29, 1.82) is 0 Å². The van der Waals surface area contributed by atoms with Gasteiger partial charge in [0.2, 0.25) is 0 Å². The van der Waals surface area contributed by atoms with E-state index in [-0.39, 0.29) is 24.9 Å². The molecule has 1 aliphatic heterocycles. The van der Waals surface area contributed by atoms with Gasteiger partial charge in [0.1, 0.15) is 18.3 Å². The van der Waals surface area contributed by atoms with Crippen LogP contribution in [0.25, 0.3) is 0 Å². The van der Waals surface area contributed by atoms with E-state index in [1.807, 2.05) is 0 Å². The lowest BCUT2D eigenvalue weighted by molar-refractivity contribution is -0.0524. The van der Waals surface area contributed by atoms with Crippen LogP contribution in [-0.2, 0) is 9.47 Å². The Bertz CT molecular complexity index is 215. The van der Waals surface area contributed by atoms with Gasteiger partial charge < -0.3 is 19.7 Å². The van der Waals surface area contributed by atoms with Crippen LogP contribution in [0.2, 0.25) is 0 Å². The van der Waals surface area contributed by atoms with Crippen LogP contribution in [0.1, 0.15) is 32.1 Å². The summed E-state index contributed by atoms with van der Waals surface area (Å²) in [5, 5.41) is 19.3. The Balaban J connectivity index is 1.99. The third-order valence-corrected chi connectivity index (χ3v) is 3.94. The number of aliphatic hydroxyl groups excluding tert-OH is 2. The Kier molecular flexibility index (Phi) is 4.19. The van der Waals surface area contributed by atoms with E-state index in [1.165, 1.54) is 19.3 Å². The van der Waals surface area contributed by atoms with Crippen molar-refractivity contribution in [2.75, 3.05) is 13.7 Å². The number of aliphatic hydroxyl groups is 2. The maximum atomic E-state index is 10.1. The molecule has 0 aromatic carbocycles. The van der Waals surface area contributed by atoms with Gasteiger partial charge in [0.05, 0.1) is 12.7 Å². The smallest absolute Gasteiger partial charge is 0.114 e. The summed E-state index contributed by atoms with van der Waals surface area (Å²) in [6.07, 6.45) is 4.48. The van der Waals surface area contributed by atoms with Crippen LogP contribution < -0.4 is 0 Å². The van der Waals surface area contributed by atoms with Crippen molar-refractivity contribution in [2.24, 2.45) is 5.92 Å². The summed E-state index contributed by atoms with van der Waals surface area (Å²) < 4.78 is 11.0. The van der Waals surface area contributed by atoms with Crippen LogP contribution in [0.15, 0.2) is 0 Å². The van der Waals surface area contributed by atoms with Crippen molar-refractivity contribution < 1.29 is 19.7 Å². The average molecular weight is 230 g/mol. The van der Waals surface area contributed by atoms with Gasteiger partial charge in [-0.15, -0.1) is 0 Å². The molecule has 0 spiro atoms. The zero-order chi connectivity index (χ0) is 11.5. The summed E-state index contributed by atoms with van der Waals surface area (Å²) in [4.78, 5) is 0. The van der Waals surface area contributed by atoms with Crippen LogP contribution in [0.5, 0.6) is 0 Å². The van der Waals surface area contributed by atoms with Crippen molar-refractivity contribution in [1.82, 2.24) is 0 Å². The van der Waals surface area contributed by atoms with Crippen molar-refractivity contribution in [3.8, 4) is 0 Å². The average Bonchev–Trinajstić information content (AvgIpc) is 2.66. The molecule has 1 heterocycles. The molecule has 4 heteroatoms. The lowest BCUT2D eigenvalue weighted by Crippen LogP contribution is -2.38. The highest BCUT2D eigenvalue weighted by molar-refractivity contribution is 4.95. The summed E-state index contributed by atoms with van der Waals surface area (Å²) in [6.45, 7) is -0.0845. The molecule has 1 saturated carbocycles. The van der Waals surface area contributed by atoms with Gasteiger partial charge in [-0.2, -0.15) is 0 Å². The minimum atomic E-state index is -0.592. The number of hydrogen-bond donors (Lipinski definition) is 2. The fraction of sp³-hybridized carbons (Fsp3) is 1.00. The molecular weight excluding hydrogens is 208 g/mol. The quantitative estimate of drug-likeness (QED) is 0.749. The van der Waals surface area contributed by atoms with Crippen molar-refractivity contribution in [2.45, 2.75) is 56.5 Å². The molecule has 2 N–H and O–H groups in total. The molecule has 1 aliphatic carbocycles. The number of hydrogen-bond acceptors (Lipinski definition) is 4. The van der Waals surface area contributed by atoms with E-state index < -0.39 is 6.10 Å². The minimum absolute atomic E-state index is 0.0845. The number of ether oxygens (including phenoxy) is 2. The molecule has 2 rings (SSSR count). The highest BCUT2D eigenvalue weighted by Crippen LogP contribution is 2.35. The Morgan fingerprint density at radius 3 is 2.44 bits per heavy atom. The first-order valence-corrected chi connectivity index (χ1v) is 6.25. The van der Waals surface area contributed by atoms with E-state index in [1.54, 1.807) is 7.11 Å². The summed E-state index contributed by atoms with van der Waals surface area (Å²) in [5.74, 6) is 0.429. The van der Waals surface area contributed by atoms with E-state index in [0.717, 1.165) is 12.8 Å². The molecule has 94 valence electrons. The molecule has 2 aliphatic rings. The Labute approximate surface area is 96.6 Å². The first kappa shape index (κ1) is 12.3. The van der Waals surface area contributed by atoms with E-state index in [2.05, 4.69) is 0 Å². The van der Waals surface area contributed by atoms with Gasteiger partial charge >= 0.3 is 0 Å². The van der Waals surface area contributed by atoms with Crippen LogP contribution >= 0.6 is 0 Å². The van der Waals surface area contributed by atoms with Crippen molar-refractivity contribution in [3.63, 3.8) is 0 Å². The second-order valence-electron chi connectivity index (χ2n) is 4.91. The fourth-order valence-corrected chi connectivity index (χ4v) is 3.06. The zero-order valence-corrected chi connectivity index (χ0v) is 9.84. The van der Waals surface area contributed by atoms with Crippen LogP contribution in [0.3, 0.4) is 0 Å². The second kappa shape index (κ2) is 5.45. The van der Waals surface area contributed by atoms with Crippen molar-refractivity contribution >= 4 is 0 Å². The summed E-state index contributed by atoms with van der Waals surface area (Å²) in [6, 6.07) is 0. The third kappa shape index (κ3) is 2.25. The first-order valence-electron chi connectivity index (χ1n) is 6.25. The standard InChI is InChI=1S/C12H22O4/c1-15-12-9(7-13)16-11(10(12)14)8-5-3-2-4-6-8/h8-14H,2-7H2,1H3/t9-,10?,11+,12?/m1/s1. The Hall–Kier alpha value is -0.160.